The summed E-state index contributed by atoms with van der Waals surface area (Å²) in [6, 6.07) is 9.45. The molecule has 0 bridgehead atoms. The fourth-order valence-corrected chi connectivity index (χ4v) is 2.59. The zero-order chi connectivity index (χ0) is 13.1. The Hall–Kier alpha value is -0.900. The summed E-state index contributed by atoms with van der Waals surface area (Å²) in [4.78, 5) is 4.22. The first kappa shape index (κ1) is 13.5. The zero-order valence-electron chi connectivity index (χ0n) is 9.90. The first-order valence-corrected chi connectivity index (χ1v) is 6.78. The fourth-order valence-electron chi connectivity index (χ4n) is 1.84. The van der Waals surface area contributed by atoms with E-state index in [9.17, 15) is 5.11 Å². The van der Waals surface area contributed by atoms with Gasteiger partial charge in [0, 0.05) is 22.1 Å². The third kappa shape index (κ3) is 3.10. The topological polar surface area (TPSA) is 33.1 Å². The van der Waals surface area contributed by atoms with Crippen LogP contribution in [0.25, 0.3) is 0 Å². The number of pyridine rings is 1. The summed E-state index contributed by atoms with van der Waals surface area (Å²) in [5.74, 6) is 0. The monoisotopic (exact) mass is 325 g/mol. The van der Waals surface area contributed by atoms with Crippen LogP contribution in [-0.4, -0.2) is 10.1 Å². The van der Waals surface area contributed by atoms with Gasteiger partial charge in [0.2, 0.25) is 0 Å². The molecule has 18 heavy (non-hydrogen) atoms. The second kappa shape index (κ2) is 5.83. The van der Waals surface area contributed by atoms with E-state index in [0.29, 0.717) is 17.1 Å². The van der Waals surface area contributed by atoms with Gasteiger partial charge in [0.25, 0.3) is 0 Å². The van der Waals surface area contributed by atoms with E-state index in [1.807, 2.05) is 37.3 Å². The Balaban J connectivity index is 2.21. The number of halogens is 2. The van der Waals surface area contributed by atoms with E-state index in [1.165, 1.54) is 0 Å². The summed E-state index contributed by atoms with van der Waals surface area (Å²) in [5.41, 5.74) is 2.60. The summed E-state index contributed by atoms with van der Waals surface area (Å²) in [6.45, 7) is 1.94. The van der Waals surface area contributed by atoms with Gasteiger partial charge in [-0.2, -0.15) is 0 Å². The molecule has 1 aromatic heterocycles. The van der Waals surface area contributed by atoms with Crippen molar-refractivity contribution in [1.29, 1.82) is 0 Å². The number of rotatable bonds is 3. The van der Waals surface area contributed by atoms with Crippen LogP contribution in [0.4, 0.5) is 0 Å². The van der Waals surface area contributed by atoms with Gasteiger partial charge in [-0.25, -0.2) is 0 Å². The molecule has 0 radical (unpaired) electrons. The van der Waals surface area contributed by atoms with Crippen LogP contribution in [0.5, 0.6) is 0 Å². The summed E-state index contributed by atoms with van der Waals surface area (Å²) < 4.78 is 0.930. The van der Waals surface area contributed by atoms with Gasteiger partial charge in [-0.15, -0.1) is 0 Å². The summed E-state index contributed by atoms with van der Waals surface area (Å²) in [7, 11) is 0. The minimum Gasteiger partial charge on any atom is -0.386 e. The minimum atomic E-state index is -0.634. The van der Waals surface area contributed by atoms with E-state index in [1.54, 1.807) is 6.20 Å². The van der Waals surface area contributed by atoms with Crippen LogP contribution in [0.1, 0.15) is 22.9 Å². The van der Waals surface area contributed by atoms with Crippen molar-refractivity contribution in [2.24, 2.45) is 0 Å². The smallest absolute Gasteiger partial charge is 0.100 e. The van der Waals surface area contributed by atoms with E-state index < -0.39 is 6.10 Å². The molecule has 0 saturated heterocycles. The molecule has 0 saturated carbocycles. The first-order chi connectivity index (χ1) is 8.58. The van der Waals surface area contributed by atoms with Gasteiger partial charge in [-0.05, 0) is 36.2 Å². The third-order valence-corrected chi connectivity index (χ3v) is 3.64. The molecule has 4 heteroatoms. The van der Waals surface area contributed by atoms with Crippen LogP contribution < -0.4 is 0 Å². The summed E-state index contributed by atoms with van der Waals surface area (Å²) in [6.07, 6.45) is 1.52. The van der Waals surface area contributed by atoms with E-state index >= 15 is 0 Å². The van der Waals surface area contributed by atoms with Gasteiger partial charge in [-0.1, -0.05) is 39.7 Å². The number of benzene rings is 1. The SMILES string of the molecule is Cc1cccnc1C(O)Cc1ccc(Br)cc1Cl. The maximum Gasteiger partial charge on any atom is 0.100 e. The molecule has 94 valence electrons. The number of aliphatic hydroxyl groups excluding tert-OH is 1. The van der Waals surface area contributed by atoms with Crippen molar-refractivity contribution in [3.8, 4) is 0 Å². The molecular weight excluding hydrogens is 314 g/mol. The van der Waals surface area contributed by atoms with E-state index in [-0.39, 0.29) is 0 Å². The Kier molecular flexibility index (Phi) is 4.38. The third-order valence-electron chi connectivity index (χ3n) is 2.79. The van der Waals surface area contributed by atoms with Crippen LogP contribution in [0, 0.1) is 6.92 Å². The first-order valence-electron chi connectivity index (χ1n) is 5.61. The molecule has 1 unspecified atom stereocenters. The second-order valence-electron chi connectivity index (χ2n) is 4.16. The van der Waals surface area contributed by atoms with Crippen molar-refractivity contribution in [2.45, 2.75) is 19.4 Å². The molecular formula is C14H13BrClNO. The quantitative estimate of drug-likeness (QED) is 0.922. The summed E-state index contributed by atoms with van der Waals surface area (Å²) in [5, 5.41) is 10.9. The Bertz CT molecular complexity index is 559. The van der Waals surface area contributed by atoms with Gasteiger partial charge in [0.15, 0.2) is 0 Å². The molecule has 0 amide bonds. The highest BCUT2D eigenvalue weighted by Gasteiger charge is 2.14. The highest BCUT2D eigenvalue weighted by atomic mass is 79.9. The van der Waals surface area contributed by atoms with E-state index in [2.05, 4.69) is 20.9 Å². The van der Waals surface area contributed by atoms with Crippen molar-refractivity contribution >= 4 is 27.5 Å². The number of hydrogen-bond acceptors (Lipinski definition) is 2. The molecule has 2 nitrogen and oxygen atoms in total. The average Bonchev–Trinajstić information content (AvgIpc) is 2.33. The number of aromatic nitrogens is 1. The Morgan fingerprint density at radius 2 is 2.17 bits per heavy atom. The number of nitrogens with zero attached hydrogens (tertiary/aromatic N) is 1. The molecule has 0 aliphatic carbocycles. The second-order valence-corrected chi connectivity index (χ2v) is 5.48. The highest BCUT2D eigenvalue weighted by Crippen LogP contribution is 2.26. The van der Waals surface area contributed by atoms with E-state index in [0.717, 1.165) is 15.6 Å². The Morgan fingerprint density at radius 3 is 2.83 bits per heavy atom. The van der Waals surface area contributed by atoms with Crippen molar-refractivity contribution in [3.05, 3.63) is 62.8 Å². The van der Waals surface area contributed by atoms with Gasteiger partial charge >= 0.3 is 0 Å². The van der Waals surface area contributed by atoms with Crippen molar-refractivity contribution in [3.63, 3.8) is 0 Å². The number of aryl methyl sites for hydroxylation is 1. The number of aliphatic hydroxyl groups is 1. The fraction of sp³-hybridized carbons (Fsp3) is 0.214. The standard InChI is InChI=1S/C14H13BrClNO/c1-9-3-2-6-17-14(9)13(18)7-10-4-5-11(15)8-12(10)16/h2-6,8,13,18H,7H2,1H3. The molecule has 0 aliphatic heterocycles. The molecule has 0 spiro atoms. The lowest BCUT2D eigenvalue weighted by Gasteiger charge is -2.13. The Morgan fingerprint density at radius 1 is 1.39 bits per heavy atom. The molecule has 1 atom stereocenters. The maximum atomic E-state index is 10.2. The maximum absolute atomic E-state index is 10.2. The average molecular weight is 327 g/mol. The van der Waals surface area contributed by atoms with Crippen LogP contribution >= 0.6 is 27.5 Å². The minimum absolute atomic E-state index is 0.462. The lowest BCUT2D eigenvalue weighted by molar-refractivity contribution is 0.173. The normalized spacial score (nSPS) is 12.4. The predicted octanol–water partition coefficient (Wildman–Crippen LogP) is 4.08. The van der Waals surface area contributed by atoms with E-state index in [4.69, 9.17) is 11.6 Å². The van der Waals surface area contributed by atoms with Gasteiger partial charge in [0.05, 0.1) is 5.69 Å². The molecule has 1 N–H and O–H groups in total. The predicted molar refractivity (Wildman–Crippen MR) is 76.8 cm³/mol. The zero-order valence-corrected chi connectivity index (χ0v) is 12.2. The van der Waals surface area contributed by atoms with Gasteiger partial charge in [0.1, 0.15) is 6.10 Å². The molecule has 0 aliphatic rings. The van der Waals surface area contributed by atoms with Crippen LogP contribution in [0.3, 0.4) is 0 Å². The van der Waals surface area contributed by atoms with Gasteiger partial charge in [-0.3, -0.25) is 4.98 Å². The lowest BCUT2D eigenvalue weighted by Crippen LogP contribution is -2.06. The van der Waals surface area contributed by atoms with Crippen LogP contribution in [-0.2, 0) is 6.42 Å². The molecule has 0 fully saturated rings. The van der Waals surface area contributed by atoms with Crippen LogP contribution in [0.2, 0.25) is 5.02 Å². The van der Waals surface area contributed by atoms with Gasteiger partial charge < -0.3 is 5.11 Å². The molecule has 2 aromatic rings. The largest absolute Gasteiger partial charge is 0.386 e. The molecule has 2 rings (SSSR count). The van der Waals surface area contributed by atoms with Crippen molar-refractivity contribution in [1.82, 2.24) is 4.98 Å². The molecule has 1 aromatic carbocycles. The van der Waals surface area contributed by atoms with Crippen molar-refractivity contribution < 1.29 is 5.11 Å². The Labute approximate surface area is 120 Å². The lowest BCUT2D eigenvalue weighted by atomic mass is 10.0. The number of hydrogen-bond donors (Lipinski definition) is 1. The van der Waals surface area contributed by atoms with Crippen LogP contribution in [0.15, 0.2) is 41.0 Å². The highest BCUT2D eigenvalue weighted by molar-refractivity contribution is 9.10. The summed E-state index contributed by atoms with van der Waals surface area (Å²) >= 11 is 9.50. The molecule has 1 heterocycles. The van der Waals surface area contributed by atoms with Crippen molar-refractivity contribution in [2.75, 3.05) is 0 Å².